The highest BCUT2D eigenvalue weighted by Crippen LogP contribution is 2.23. The summed E-state index contributed by atoms with van der Waals surface area (Å²) in [6, 6.07) is 1.80. The molecule has 0 aliphatic carbocycles. The van der Waals surface area contributed by atoms with E-state index in [-0.39, 0.29) is 0 Å². The standard InChI is InChI=1S/C9H7BrN2O2/c1-14-8-2-6(10)3-12-4-7(5-13)11-9(8)12/h2-5H,1H3. The van der Waals surface area contributed by atoms with Crippen molar-refractivity contribution < 1.29 is 9.53 Å². The molecule has 0 aliphatic heterocycles. The SMILES string of the molecule is COc1cc(Br)cn2cc(C=O)nc12. The van der Waals surface area contributed by atoms with Gasteiger partial charge in [-0.1, -0.05) is 0 Å². The fraction of sp³-hybridized carbons (Fsp3) is 0.111. The normalized spacial score (nSPS) is 10.4. The van der Waals surface area contributed by atoms with Crippen LogP contribution >= 0.6 is 15.9 Å². The zero-order valence-electron chi connectivity index (χ0n) is 7.40. The number of ether oxygens (including phenoxy) is 1. The van der Waals surface area contributed by atoms with Gasteiger partial charge in [0.2, 0.25) is 0 Å². The molecule has 5 heteroatoms. The smallest absolute Gasteiger partial charge is 0.180 e. The first kappa shape index (κ1) is 9.21. The number of imidazole rings is 1. The van der Waals surface area contributed by atoms with Crippen LogP contribution in [0.3, 0.4) is 0 Å². The summed E-state index contributed by atoms with van der Waals surface area (Å²) < 4.78 is 7.75. The van der Waals surface area contributed by atoms with Gasteiger partial charge in [-0.15, -0.1) is 0 Å². The number of fused-ring (bicyclic) bond motifs is 1. The van der Waals surface area contributed by atoms with Gasteiger partial charge in [0.1, 0.15) is 5.69 Å². The molecule has 0 spiro atoms. The van der Waals surface area contributed by atoms with Gasteiger partial charge < -0.3 is 9.14 Å². The lowest BCUT2D eigenvalue weighted by atomic mass is 10.4. The van der Waals surface area contributed by atoms with Crippen molar-refractivity contribution >= 4 is 27.9 Å². The van der Waals surface area contributed by atoms with Crippen molar-refractivity contribution in [1.29, 1.82) is 0 Å². The molecular weight excluding hydrogens is 248 g/mol. The van der Waals surface area contributed by atoms with Gasteiger partial charge in [-0.25, -0.2) is 4.98 Å². The first-order valence-corrected chi connectivity index (χ1v) is 4.71. The number of aldehydes is 1. The molecule has 0 N–H and O–H groups in total. The maximum Gasteiger partial charge on any atom is 0.180 e. The number of carbonyl (C=O) groups is 1. The van der Waals surface area contributed by atoms with E-state index in [9.17, 15) is 4.79 Å². The topological polar surface area (TPSA) is 43.6 Å². The number of hydrogen-bond donors (Lipinski definition) is 0. The first-order chi connectivity index (χ1) is 6.74. The molecule has 4 nitrogen and oxygen atoms in total. The van der Waals surface area contributed by atoms with Crippen molar-refractivity contribution in [2.75, 3.05) is 7.11 Å². The highest BCUT2D eigenvalue weighted by molar-refractivity contribution is 9.10. The van der Waals surface area contributed by atoms with E-state index >= 15 is 0 Å². The Balaban J connectivity index is 2.77. The Morgan fingerprint density at radius 3 is 3.00 bits per heavy atom. The van der Waals surface area contributed by atoms with E-state index in [4.69, 9.17) is 4.74 Å². The third-order valence-corrected chi connectivity index (χ3v) is 2.28. The molecule has 0 bridgehead atoms. The second-order valence-electron chi connectivity index (χ2n) is 2.74. The summed E-state index contributed by atoms with van der Waals surface area (Å²) in [5, 5.41) is 0. The number of methoxy groups -OCH3 is 1. The third-order valence-electron chi connectivity index (χ3n) is 1.84. The summed E-state index contributed by atoms with van der Waals surface area (Å²) in [4.78, 5) is 14.6. The Kier molecular flexibility index (Phi) is 2.25. The van der Waals surface area contributed by atoms with Crippen LogP contribution in [0.2, 0.25) is 0 Å². The van der Waals surface area contributed by atoms with Gasteiger partial charge in [-0.2, -0.15) is 0 Å². The quantitative estimate of drug-likeness (QED) is 0.770. The van der Waals surface area contributed by atoms with Crippen LogP contribution in [-0.2, 0) is 0 Å². The minimum atomic E-state index is 0.390. The predicted molar refractivity (Wildman–Crippen MR) is 54.8 cm³/mol. The molecule has 0 radical (unpaired) electrons. The van der Waals surface area contributed by atoms with Crippen LogP contribution in [0.5, 0.6) is 5.75 Å². The molecule has 0 unspecified atom stereocenters. The Labute approximate surface area is 88.6 Å². The van der Waals surface area contributed by atoms with Crippen LogP contribution in [0.25, 0.3) is 5.65 Å². The molecule has 2 aromatic rings. The van der Waals surface area contributed by atoms with Crippen molar-refractivity contribution in [3.63, 3.8) is 0 Å². The van der Waals surface area contributed by atoms with Gasteiger partial charge in [0.25, 0.3) is 0 Å². The molecule has 0 atom stereocenters. The molecule has 2 heterocycles. The summed E-state index contributed by atoms with van der Waals surface area (Å²) in [5.41, 5.74) is 1.03. The highest BCUT2D eigenvalue weighted by atomic mass is 79.9. The summed E-state index contributed by atoms with van der Waals surface area (Å²) >= 11 is 3.34. The lowest BCUT2D eigenvalue weighted by Gasteiger charge is -2.02. The van der Waals surface area contributed by atoms with Gasteiger partial charge >= 0.3 is 0 Å². The van der Waals surface area contributed by atoms with Gasteiger partial charge in [-0.3, -0.25) is 4.79 Å². The molecule has 0 amide bonds. The Bertz CT molecular complexity index is 493. The summed E-state index contributed by atoms with van der Waals surface area (Å²) in [7, 11) is 1.57. The number of nitrogens with zero attached hydrogens (tertiary/aromatic N) is 2. The molecule has 0 aromatic carbocycles. The van der Waals surface area contributed by atoms with E-state index in [1.807, 2.05) is 6.20 Å². The fourth-order valence-electron chi connectivity index (χ4n) is 1.26. The van der Waals surface area contributed by atoms with E-state index in [0.29, 0.717) is 23.4 Å². The number of halogens is 1. The van der Waals surface area contributed by atoms with Gasteiger partial charge in [0.05, 0.1) is 7.11 Å². The summed E-state index contributed by atoms with van der Waals surface area (Å²) in [5.74, 6) is 0.632. The van der Waals surface area contributed by atoms with Crippen LogP contribution in [0, 0.1) is 0 Å². The lowest BCUT2D eigenvalue weighted by Crippen LogP contribution is -1.89. The van der Waals surface area contributed by atoms with Gasteiger partial charge in [0.15, 0.2) is 17.7 Å². The predicted octanol–water partition coefficient (Wildman–Crippen LogP) is 1.92. The zero-order chi connectivity index (χ0) is 10.1. The van der Waals surface area contributed by atoms with E-state index in [2.05, 4.69) is 20.9 Å². The average molecular weight is 255 g/mol. The molecule has 0 aliphatic rings. The largest absolute Gasteiger partial charge is 0.493 e. The number of aromatic nitrogens is 2. The first-order valence-electron chi connectivity index (χ1n) is 3.92. The molecule has 2 aromatic heterocycles. The molecule has 72 valence electrons. The van der Waals surface area contributed by atoms with Crippen molar-refractivity contribution in [1.82, 2.24) is 9.38 Å². The van der Waals surface area contributed by atoms with Gasteiger partial charge in [-0.05, 0) is 22.0 Å². The maximum atomic E-state index is 10.5. The van der Waals surface area contributed by atoms with Crippen molar-refractivity contribution in [3.05, 3.63) is 28.6 Å². The monoisotopic (exact) mass is 254 g/mol. The van der Waals surface area contributed by atoms with Crippen molar-refractivity contribution in [2.45, 2.75) is 0 Å². The second kappa shape index (κ2) is 3.42. The number of hydrogen-bond acceptors (Lipinski definition) is 3. The maximum absolute atomic E-state index is 10.5. The Morgan fingerprint density at radius 1 is 1.57 bits per heavy atom. The minimum absolute atomic E-state index is 0.390. The number of rotatable bonds is 2. The average Bonchev–Trinajstić information content (AvgIpc) is 2.59. The van der Waals surface area contributed by atoms with Crippen LogP contribution in [0.1, 0.15) is 10.5 Å². The van der Waals surface area contributed by atoms with Crippen LogP contribution in [-0.4, -0.2) is 22.8 Å². The van der Waals surface area contributed by atoms with Crippen LogP contribution in [0.15, 0.2) is 22.9 Å². The third kappa shape index (κ3) is 1.39. The Hall–Kier alpha value is -1.36. The summed E-state index contributed by atoms with van der Waals surface area (Å²) in [6.07, 6.45) is 4.17. The van der Waals surface area contributed by atoms with E-state index in [0.717, 1.165) is 4.47 Å². The van der Waals surface area contributed by atoms with Crippen molar-refractivity contribution in [3.8, 4) is 5.75 Å². The molecule has 2 rings (SSSR count). The van der Waals surface area contributed by atoms with E-state index in [1.165, 1.54) is 0 Å². The number of pyridine rings is 1. The highest BCUT2D eigenvalue weighted by Gasteiger charge is 2.07. The molecule has 0 saturated heterocycles. The molecule has 0 saturated carbocycles. The molecule has 0 fully saturated rings. The minimum Gasteiger partial charge on any atom is -0.493 e. The molecular formula is C9H7BrN2O2. The van der Waals surface area contributed by atoms with E-state index in [1.54, 1.807) is 23.8 Å². The van der Waals surface area contributed by atoms with Gasteiger partial charge in [0, 0.05) is 16.9 Å². The molecule has 14 heavy (non-hydrogen) atoms. The van der Waals surface area contributed by atoms with Crippen molar-refractivity contribution in [2.24, 2.45) is 0 Å². The Morgan fingerprint density at radius 2 is 2.36 bits per heavy atom. The fourth-order valence-corrected chi connectivity index (χ4v) is 1.69. The number of carbonyl (C=O) groups excluding carboxylic acids is 1. The lowest BCUT2D eigenvalue weighted by molar-refractivity contribution is 0.111. The van der Waals surface area contributed by atoms with Crippen LogP contribution in [0.4, 0.5) is 0 Å². The van der Waals surface area contributed by atoms with E-state index < -0.39 is 0 Å². The second-order valence-corrected chi connectivity index (χ2v) is 3.66. The van der Waals surface area contributed by atoms with Crippen LogP contribution < -0.4 is 4.74 Å². The summed E-state index contributed by atoms with van der Waals surface area (Å²) in [6.45, 7) is 0. The zero-order valence-corrected chi connectivity index (χ0v) is 8.98.